The van der Waals surface area contributed by atoms with E-state index in [2.05, 4.69) is 52.7 Å². The number of aryl methyl sites for hydroxylation is 1. The lowest BCUT2D eigenvalue weighted by Gasteiger charge is -2.16. The number of hydrogen-bond acceptors (Lipinski definition) is 4. The van der Waals surface area contributed by atoms with Gasteiger partial charge in [0, 0.05) is 10.9 Å². The molecular formula is C14H16ClN3S. The smallest absolute Gasteiger partial charge is 0.148 e. The van der Waals surface area contributed by atoms with Crippen molar-refractivity contribution in [2.75, 3.05) is 11.6 Å². The molecule has 1 aromatic heterocycles. The second kappa shape index (κ2) is 6.26. The van der Waals surface area contributed by atoms with E-state index in [0.29, 0.717) is 10.8 Å². The lowest BCUT2D eigenvalue weighted by molar-refractivity contribution is 0.868. The Balaban J connectivity index is 2.15. The highest BCUT2D eigenvalue weighted by Gasteiger charge is 2.10. The van der Waals surface area contributed by atoms with Crippen LogP contribution < -0.4 is 5.32 Å². The molecular weight excluding hydrogens is 278 g/mol. The number of aromatic nitrogens is 2. The predicted octanol–water partition coefficient (Wildman–Crippen LogP) is 4.33. The molecule has 0 bridgehead atoms. The van der Waals surface area contributed by atoms with Gasteiger partial charge >= 0.3 is 0 Å². The molecule has 2 rings (SSSR count). The van der Waals surface area contributed by atoms with Crippen LogP contribution in [0.25, 0.3) is 0 Å². The zero-order chi connectivity index (χ0) is 13.8. The SMILES string of the molecule is CSc1ccc(C(C)Nc2ncnc(C)c2Cl)cc1. The molecule has 1 atom stereocenters. The second-order valence-electron chi connectivity index (χ2n) is 4.26. The van der Waals surface area contributed by atoms with Crippen LogP contribution in [0.4, 0.5) is 5.82 Å². The molecule has 0 spiro atoms. The summed E-state index contributed by atoms with van der Waals surface area (Å²) < 4.78 is 0. The lowest BCUT2D eigenvalue weighted by atomic mass is 10.1. The van der Waals surface area contributed by atoms with Crippen molar-refractivity contribution in [3.63, 3.8) is 0 Å². The van der Waals surface area contributed by atoms with Crippen molar-refractivity contribution in [1.82, 2.24) is 9.97 Å². The average Bonchev–Trinajstić information content (AvgIpc) is 2.44. The summed E-state index contributed by atoms with van der Waals surface area (Å²) in [6.45, 7) is 3.95. The summed E-state index contributed by atoms with van der Waals surface area (Å²) >= 11 is 7.92. The van der Waals surface area contributed by atoms with Crippen molar-refractivity contribution in [2.45, 2.75) is 24.8 Å². The highest BCUT2D eigenvalue weighted by atomic mass is 35.5. The van der Waals surface area contributed by atoms with Crippen LogP contribution in [0.1, 0.15) is 24.2 Å². The number of rotatable bonds is 4. The molecule has 19 heavy (non-hydrogen) atoms. The van der Waals surface area contributed by atoms with Gasteiger partial charge < -0.3 is 5.32 Å². The summed E-state index contributed by atoms with van der Waals surface area (Å²) in [5.74, 6) is 0.676. The number of nitrogens with zero attached hydrogens (tertiary/aromatic N) is 2. The maximum atomic E-state index is 6.18. The van der Waals surface area contributed by atoms with Crippen molar-refractivity contribution >= 4 is 29.2 Å². The van der Waals surface area contributed by atoms with Gasteiger partial charge in [0.1, 0.15) is 17.2 Å². The number of nitrogens with one attached hydrogen (secondary N) is 1. The summed E-state index contributed by atoms with van der Waals surface area (Å²) in [6, 6.07) is 8.61. The summed E-state index contributed by atoms with van der Waals surface area (Å²) in [7, 11) is 0. The van der Waals surface area contributed by atoms with Crippen molar-refractivity contribution in [3.05, 3.63) is 46.9 Å². The minimum absolute atomic E-state index is 0.141. The number of hydrogen-bond donors (Lipinski definition) is 1. The van der Waals surface area contributed by atoms with Gasteiger partial charge in [-0.25, -0.2) is 9.97 Å². The molecule has 0 aliphatic heterocycles. The maximum Gasteiger partial charge on any atom is 0.148 e. The molecule has 100 valence electrons. The molecule has 0 fully saturated rings. The first kappa shape index (κ1) is 14.2. The third-order valence-corrected chi connectivity index (χ3v) is 4.13. The van der Waals surface area contributed by atoms with E-state index in [1.54, 1.807) is 11.8 Å². The number of benzene rings is 1. The minimum atomic E-state index is 0.141. The molecule has 1 heterocycles. The normalized spacial score (nSPS) is 12.2. The fourth-order valence-electron chi connectivity index (χ4n) is 1.74. The first-order valence-corrected chi connectivity index (χ1v) is 7.59. The zero-order valence-corrected chi connectivity index (χ0v) is 12.7. The topological polar surface area (TPSA) is 37.8 Å². The lowest BCUT2D eigenvalue weighted by Crippen LogP contribution is -2.09. The third kappa shape index (κ3) is 3.39. The van der Waals surface area contributed by atoms with Gasteiger partial charge in [0.15, 0.2) is 0 Å². The summed E-state index contributed by atoms with van der Waals surface area (Å²) in [4.78, 5) is 9.49. The van der Waals surface area contributed by atoms with Gasteiger partial charge in [-0.15, -0.1) is 11.8 Å². The van der Waals surface area contributed by atoms with Crippen LogP contribution in [0.5, 0.6) is 0 Å². The highest BCUT2D eigenvalue weighted by molar-refractivity contribution is 7.98. The first-order valence-electron chi connectivity index (χ1n) is 5.99. The van der Waals surface area contributed by atoms with Gasteiger partial charge in [0.05, 0.1) is 5.69 Å². The first-order chi connectivity index (χ1) is 9.11. The molecule has 0 radical (unpaired) electrons. The van der Waals surface area contributed by atoms with Crippen molar-refractivity contribution in [1.29, 1.82) is 0 Å². The van der Waals surface area contributed by atoms with E-state index in [-0.39, 0.29) is 6.04 Å². The maximum absolute atomic E-state index is 6.18. The van der Waals surface area contributed by atoms with Gasteiger partial charge in [-0.3, -0.25) is 0 Å². The number of anilines is 1. The minimum Gasteiger partial charge on any atom is -0.362 e. The Morgan fingerprint density at radius 2 is 1.89 bits per heavy atom. The van der Waals surface area contributed by atoms with Gasteiger partial charge in [-0.2, -0.15) is 0 Å². The van der Waals surface area contributed by atoms with E-state index in [9.17, 15) is 0 Å². The quantitative estimate of drug-likeness (QED) is 0.851. The molecule has 1 N–H and O–H groups in total. The Bertz CT molecular complexity index is 557. The van der Waals surface area contributed by atoms with Crippen LogP contribution in [0.15, 0.2) is 35.5 Å². The van der Waals surface area contributed by atoms with E-state index in [0.717, 1.165) is 5.69 Å². The van der Waals surface area contributed by atoms with E-state index >= 15 is 0 Å². The largest absolute Gasteiger partial charge is 0.362 e. The van der Waals surface area contributed by atoms with Gasteiger partial charge in [-0.05, 0) is 37.8 Å². The molecule has 5 heteroatoms. The Morgan fingerprint density at radius 1 is 1.21 bits per heavy atom. The fourth-order valence-corrected chi connectivity index (χ4v) is 2.30. The summed E-state index contributed by atoms with van der Waals surface area (Å²) in [5.41, 5.74) is 1.98. The Morgan fingerprint density at radius 3 is 2.53 bits per heavy atom. The number of thioether (sulfide) groups is 1. The van der Waals surface area contributed by atoms with Crippen molar-refractivity contribution in [3.8, 4) is 0 Å². The number of halogens is 1. The van der Waals surface area contributed by atoms with Crippen LogP contribution >= 0.6 is 23.4 Å². The molecule has 0 saturated heterocycles. The molecule has 3 nitrogen and oxygen atoms in total. The zero-order valence-electron chi connectivity index (χ0n) is 11.1. The highest BCUT2D eigenvalue weighted by Crippen LogP contribution is 2.26. The van der Waals surface area contributed by atoms with Crippen LogP contribution in [0.3, 0.4) is 0 Å². The van der Waals surface area contributed by atoms with E-state index in [1.165, 1.54) is 16.8 Å². The van der Waals surface area contributed by atoms with Crippen LogP contribution in [-0.4, -0.2) is 16.2 Å². The van der Waals surface area contributed by atoms with Crippen LogP contribution in [0.2, 0.25) is 5.02 Å². The van der Waals surface area contributed by atoms with Crippen LogP contribution in [-0.2, 0) is 0 Å². The van der Waals surface area contributed by atoms with Crippen molar-refractivity contribution in [2.24, 2.45) is 0 Å². The molecule has 0 aliphatic rings. The molecule has 1 aromatic carbocycles. The fraction of sp³-hybridized carbons (Fsp3) is 0.286. The Labute approximate surface area is 122 Å². The van der Waals surface area contributed by atoms with Gasteiger partial charge in [0.2, 0.25) is 0 Å². The van der Waals surface area contributed by atoms with E-state index in [4.69, 9.17) is 11.6 Å². The van der Waals surface area contributed by atoms with Crippen LogP contribution in [0, 0.1) is 6.92 Å². The van der Waals surface area contributed by atoms with E-state index < -0.39 is 0 Å². The van der Waals surface area contributed by atoms with Gasteiger partial charge in [0.25, 0.3) is 0 Å². The standard InChI is InChI=1S/C14H16ClN3S/c1-9(11-4-6-12(19-3)7-5-11)18-14-13(15)10(2)16-8-17-14/h4-9H,1-3H3,(H,16,17,18). The third-order valence-electron chi connectivity index (χ3n) is 2.93. The van der Waals surface area contributed by atoms with Crippen molar-refractivity contribution < 1.29 is 0 Å². The average molecular weight is 294 g/mol. The Hall–Kier alpha value is -1.26. The Kier molecular flexibility index (Phi) is 4.66. The molecule has 0 amide bonds. The monoisotopic (exact) mass is 293 g/mol. The molecule has 0 saturated carbocycles. The summed E-state index contributed by atoms with van der Waals surface area (Å²) in [5, 5.41) is 3.89. The second-order valence-corrected chi connectivity index (χ2v) is 5.52. The predicted molar refractivity (Wildman–Crippen MR) is 82.0 cm³/mol. The van der Waals surface area contributed by atoms with E-state index in [1.807, 2.05) is 6.92 Å². The molecule has 0 aliphatic carbocycles. The van der Waals surface area contributed by atoms with Gasteiger partial charge in [-0.1, -0.05) is 23.7 Å². The molecule has 1 unspecified atom stereocenters. The molecule has 2 aromatic rings. The summed E-state index contributed by atoms with van der Waals surface area (Å²) in [6.07, 6.45) is 3.59.